The number of rotatable bonds is 4. The maximum atomic E-state index is 6.66. The number of halogens is 1. The number of benzene rings is 3. The molecule has 106 valence electrons. The summed E-state index contributed by atoms with van der Waals surface area (Å²) in [7, 11) is 1.68. The molecule has 0 saturated carbocycles. The smallest absolute Gasteiger partial charge is 0.118 e. The zero-order valence-corrected chi connectivity index (χ0v) is 12.7. The first-order chi connectivity index (χ1) is 10.3. The summed E-state index contributed by atoms with van der Waals surface area (Å²) in [4.78, 5) is 0. The molecule has 3 aromatic rings. The molecule has 0 heterocycles. The fourth-order valence-corrected chi connectivity index (χ4v) is 2.97. The van der Waals surface area contributed by atoms with Crippen molar-refractivity contribution in [3.05, 3.63) is 77.9 Å². The van der Waals surface area contributed by atoms with Gasteiger partial charge in [0.05, 0.1) is 12.5 Å². The number of hydrogen-bond donors (Lipinski definition) is 0. The van der Waals surface area contributed by atoms with E-state index in [1.54, 1.807) is 7.11 Å². The van der Waals surface area contributed by atoms with Gasteiger partial charge in [0, 0.05) is 0 Å². The number of ether oxygens (including phenoxy) is 1. The molecule has 3 aromatic carbocycles. The predicted octanol–water partition coefficient (Wildman–Crippen LogP) is 5.37. The Morgan fingerprint density at radius 3 is 2.38 bits per heavy atom. The van der Waals surface area contributed by atoms with Gasteiger partial charge in [-0.15, -0.1) is 11.6 Å². The summed E-state index contributed by atoms with van der Waals surface area (Å²) in [5, 5.41) is 2.42. The lowest BCUT2D eigenvalue weighted by molar-refractivity contribution is 0.414. The highest BCUT2D eigenvalue weighted by Gasteiger charge is 2.12. The lowest BCUT2D eigenvalue weighted by Crippen LogP contribution is -1.97. The van der Waals surface area contributed by atoms with Crippen molar-refractivity contribution in [1.82, 2.24) is 0 Å². The van der Waals surface area contributed by atoms with E-state index < -0.39 is 0 Å². The normalized spacial score (nSPS) is 12.3. The third kappa shape index (κ3) is 3.03. The van der Waals surface area contributed by atoms with Gasteiger partial charge in [-0.1, -0.05) is 54.6 Å². The van der Waals surface area contributed by atoms with Crippen LogP contribution in [0.5, 0.6) is 5.75 Å². The summed E-state index contributed by atoms with van der Waals surface area (Å²) in [5.41, 5.74) is 2.40. The molecule has 0 spiro atoms. The Bertz CT molecular complexity index is 729. The van der Waals surface area contributed by atoms with Gasteiger partial charge in [-0.3, -0.25) is 0 Å². The number of alkyl halides is 1. The van der Waals surface area contributed by atoms with Gasteiger partial charge < -0.3 is 4.74 Å². The Morgan fingerprint density at radius 2 is 1.62 bits per heavy atom. The van der Waals surface area contributed by atoms with E-state index in [-0.39, 0.29) is 5.38 Å². The lowest BCUT2D eigenvalue weighted by Gasteiger charge is -2.13. The standard InChI is InChI=1S/C19H17ClO/c1-21-16-11-9-14(10-12-16)13-19(20)18-8-4-6-15-5-2-3-7-17(15)18/h2-12,19H,13H2,1H3. The summed E-state index contributed by atoms with van der Waals surface area (Å²) in [5.74, 6) is 0.870. The molecule has 3 rings (SSSR count). The van der Waals surface area contributed by atoms with Crippen LogP contribution in [0.2, 0.25) is 0 Å². The van der Waals surface area contributed by atoms with E-state index in [4.69, 9.17) is 16.3 Å². The van der Waals surface area contributed by atoms with Crippen LogP contribution >= 0.6 is 11.6 Å². The van der Waals surface area contributed by atoms with Crippen molar-refractivity contribution >= 4 is 22.4 Å². The Kier molecular flexibility index (Phi) is 4.12. The lowest BCUT2D eigenvalue weighted by atomic mass is 9.98. The van der Waals surface area contributed by atoms with Crippen LogP contribution in [-0.4, -0.2) is 7.11 Å². The van der Waals surface area contributed by atoms with Crippen LogP contribution in [0, 0.1) is 0 Å². The first kappa shape index (κ1) is 14.0. The first-order valence-corrected chi connectivity index (χ1v) is 7.46. The van der Waals surface area contributed by atoms with E-state index in [0.717, 1.165) is 12.2 Å². The quantitative estimate of drug-likeness (QED) is 0.588. The highest BCUT2D eigenvalue weighted by Crippen LogP contribution is 2.31. The van der Waals surface area contributed by atoms with E-state index in [9.17, 15) is 0 Å². The molecule has 1 atom stereocenters. The molecule has 0 aliphatic rings. The van der Waals surface area contributed by atoms with Gasteiger partial charge >= 0.3 is 0 Å². The Morgan fingerprint density at radius 1 is 0.905 bits per heavy atom. The van der Waals surface area contributed by atoms with E-state index >= 15 is 0 Å². The second-order valence-electron chi connectivity index (χ2n) is 5.09. The van der Waals surface area contributed by atoms with Crippen molar-refractivity contribution in [2.45, 2.75) is 11.8 Å². The minimum atomic E-state index is -0.0375. The Hall–Kier alpha value is -1.99. The second kappa shape index (κ2) is 6.19. The minimum Gasteiger partial charge on any atom is -0.497 e. The molecule has 1 nitrogen and oxygen atoms in total. The van der Waals surface area contributed by atoms with Crippen LogP contribution in [0.1, 0.15) is 16.5 Å². The van der Waals surface area contributed by atoms with Crippen molar-refractivity contribution in [3.8, 4) is 5.75 Å². The van der Waals surface area contributed by atoms with Gasteiger partial charge in [0.25, 0.3) is 0 Å². The van der Waals surface area contributed by atoms with Crippen molar-refractivity contribution < 1.29 is 4.74 Å². The SMILES string of the molecule is COc1ccc(CC(Cl)c2cccc3ccccc23)cc1. The monoisotopic (exact) mass is 296 g/mol. The van der Waals surface area contributed by atoms with Crippen molar-refractivity contribution in [2.24, 2.45) is 0 Å². The molecule has 1 unspecified atom stereocenters. The summed E-state index contributed by atoms with van der Waals surface area (Å²) in [6, 6.07) is 22.8. The maximum Gasteiger partial charge on any atom is 0.118 e. The largest absolute Gasteiger partial charge is 0.497 e. The number of methoxy groups -OCH3 is 1. The summed E-state index contributed by atoms with van der Waals surface area (Å²) in [6.07, 6.45) is 0.805. The average Bonchev–Trinajstić information content (AvgIpc) is 2.55. The summed E-state index contributed by atoms with van der Waals surface area (Å²) < 4.78 is 5.18. The van der Waals surface area contributed by atoms with Crippen molar-refractivity contribution in [1.29, 1.82) is 0 Å². The van der Waals surface area contributed by atoms with Gasteiger partial charge in [0.15, 0.2) is 0 Å². The average molecular weight is 297 g/mol. The molecule has 0 aliphatic heterocycles. The van der Waals surface area contributed by atoms with Gasteiger partial charge in [-0.25, -0.2) is 0 Å². The molecular formula is C19H17ClO. The first-order valence-electron chi connectivity index (χ1n) is 7.02. The van der Waals surface area contributed by atoms with Gasteiger partial charge in [-0.2, -0.15) is 0 Å². The van der Waals surface area contributed by atoms with Gasteiger partial charge in [0.2, 0.25) is 0 Å². The molecule has 0 N–H and O–H groups in total. The highest BCUT2D eigenvalue weighted by molar-refractivity contribution is 6.22. The summed E-state index contributed by atoms with van der Waals surface area (Å²) in [6.45, 7) is 0. The third-order valence-corrected chi connectivity index (χ3v) is 4.12. The van der Waals surface area contributed by atoms with Gasteiger partial charge in [-0.05, 0) is 40.5 Å². The van der Waals surface area contributed by atoms with Gasteiger partial charge in [0.1, 0.15) is 5.75 Å². The van der Waals surface area contributed by atoms with E-state index in [1.165, 1.54) is 21.9 Å². The van der Waals surface area contributed by atoms with Crippen molar-refractivity contribution in [2.75, 3.05) is 7.11 Å². The van der Waals surface area contributed by atoms with Crippen LogP contribution in [0.4, 0.5) is 0 Å². The molecule has 0 saturated heterocycles. The van der Waals surface area contributed by atoms with Crippen LogP contribution in [-0.2, 0) is 6.42 Å². The maximum absolute atomic E-state index is 6.66. The Labute approximate surface area is 130 Å². The van der Waals surface area contributed by atoms with E-state index in [1.807, 2.05) is 12.1 Å². The fraction of sp³-hybridized carbons (Fsp3) is 0.158. The highest BCUT2D eigenvalue weighted by atomic mass is 35.5. The molecule has 2 heteroatoms. The van der Waals surface area contributed by atoms with Crippen LogP contribution < -0.4 is 4.74 Å². The molecule has 0 amide bonds. The molecule has 0 fully saturated rings. The predicted molar refractivity (Wildman–Crippen MR) is 89.2 cm³/mol. The molecule has 0 aliphatic carbocycles. The van der Waals surface area contributed by atoms with Crippen LogP contribution in [0.15, 0.2) is 66.7 Å². The third-order valence-electron chi connectivity index (χ3n) is 3.73. The topological polar surface area (TPSA) is 9.23 Å². The number of hydrogen-bond acceptors (Lipinski definition) is 1. The minimum absolute atomic E-state index is 0.0375. The summed E-state index contributed by atoms with van der Waals surface area (Å²) >= 11 is 6.66. The zero-order chi connectivity index (χ0) is 14.7. The van der Waals surface area contributed by atoms with Crippen molar-refractivity contribution in [3.63, 3.8) is 0 Å². The molecule has 21 heavy (non-hydrogen) atoms. The molecule has 0 aromatic heterocycles. The van der Waals surface area contributed by atoms with E-state index in [2.05, 4.69) is 54.6 Å². The second-order valence-corrected chi connectivity index (χ2v) is 5.61. The number of fused-ring (bicyclic) bond motifs is 1. The fourth-order valence-electron chi connectivity index (χ4n) is 2.60. The van der Waals surface area contributed by atoms with Crippen LogP contribution in [0.25, 0.3) is 10.8 Å². The molecule has 0 bridgehead atoms. The van der Waals surface area contributed by atoms with Crippen LogP contribution in [0.3, 0.4) is 0 Å². The zero-order valence-electron chi connectivity index (χ0n) is 11.9. The van der Waals surface area contributed by atoms with E-state index in [0.29, 0.717) is 0 Å². The molecular weight excluding hydrogens is 280 g/mol. The molecule has 0 radical (unpaired) electrons. The Balaban J connectivity index is 1.88.